The van der Waals surface area contributed by atoms with E-state index in [2.05, 4.69) is 20.3 Å². The van der Waals surface area contributed by atoms with Crippen molar-refractivity contribution in [1.82, 2.24) is 15.0 Å². The number of nitrogens with one attached hydrogen (secondary N) is 2. The van der Waals surface area contributed by atoms with Crippen molar-refractivity contribution in [3.8, 4) is 11.8 Å². The van der Waals surface area contributed by atoms with Crippen molar-refractivity contribution < 1.29 is 9.53 Å². The van der Waals surface area contributed by atoms with E-state index in [1.807, 2.05) is 43.3 Å². The molecule has 0 saturated heterocycles. The molecule has 32 heavy (non-hydrogen) atoms. The van der Waals surface area contributed by atoms with Crippen LogP contribution in [-0.4, -0.2) is 20.9 Å². The molecule has 0 unspecified atom stereocenters. The largest absolute Gasteiger partial charge is 0.425 e. The van der Waals surface area contributed by atoms with Crippen molar-refractivity contribution in [2.45, 2.75) is 6.92 Å². The Bertz CT molecular complexity index is 1440. The van der Waals surface area contributed by atoms with Crippen LogP contribution < -0.4 is 10.1 Å². The predicted octanol–water partition coefficient (Wildman–Crippen LogP) is 6.77. The van der Waals surface area contributed by atoms with Crippen LogP contribution in [0.2, 0.25) is 10.0 Å². The molecule has 0 fully saturated rings. The number of ether oxygens (including phenoxy) is 1. The van der Waals surface area contributed by atoms with Crippen LogP contribution in [0.25, 0.3) is 21.9 Å². The van der Waals surface area contributed by atoms with Crippen molar-refractivity contribution in [2.75, 3.05) is 5.32 Å². The second-order valence-electron chi connectivity index (χ2n) is 7.18. The molecule has 1 amide bonds. The van der Waals surface area contributed by atoms with Crippen molar-refractivity contribution in [3.05, 3.63) is 88.0 Å². The third kappa shape index (κ3) is 3.64. The van der Waals surface area contributed by atoms with E-state index >= 15 is 0 Å². The Kier molecular flexibility index (Phi) is 5.17. The summed E-state index contributed by atoms with van der Waals surface area (Å²) in [5, 5.41) is 4.14. The molecule has 158 valence electrons. The van der Waals surface area contributed by atoms with Crippen molar-refractivity contribution >= 4 is 56.7 Å². The third-order valence-electron chi connectivity index (χ3n) is 5.03. The number of anilines is 1. The number of para-hydroxylation sites is 3. The van der Waals surface area contributed by atoms with E-state index in [4.69, 9.17) is 27.9 Å². The van der Waals surface area contributed by atoms with Gasteiger partial charge < -0.3 is 15.0 Å². The van der Waals surface area contributed by atoms with Crippen LogP contribution in [-0.2, 0) is 0 Å². The number of aromatic nitrogens is 3. The van der Waals surface area contributed by atoms with Crippen LogP contribution >= 0.6 is 23.2 Å². The number of nitrogens with zero attached hydrogens (tertiary/aromatic N) is 2. The summed E-state index contributed by atoms with van der Waals surface area (Å²) >= 11 is 12.4. The Morgan fingerprint density at radius 3 is 2.53 bits per heavy atom. The van der Waals surface area contributed by atoms with Gasteiger partial charge in [0.2, 0.25) is 0 Å². The van der Waals surface area contributed by atoms with E-state index in [9.17, 15) is 4.79 Å². The highest BCUT2D eigenvalue weighted by Gasteiger charge is 2.18. The first kappa shape index (κ1) is 20.3. The number of aromatic amines is 1. The van der Waals surface area contributed by atoms with E-state index in [-0.39, 0.29) is 15.6 Å². The third-order valence-corrected chi connectivity index (χ3v) is 5.66. The maximum Gasteiger partial charge on any atom is 0.300 e. The number of amides is 1. The highest BCUT2D eigenvalue weighted by molar-refractivity contribution is 6.40. The van der Waals surface area contributed by atoms with Crippen LogP contribution in [0.1, 0.15) is 15.9 Å². The molecule has 8 heteroatoms. The van der Waals surface area contributed by atoms with Gasteiger partial charge in [-0.3, -0.25) is 9.78 Å². The second kappa shape index (κ2) is 8.15. The minimum absolute atomic E-state index is 0.207. The monoisotopic (exact) mass is 462 g/mol. The maximum absolute atomic E-state index is 12.9. The molecule has 0 bridgehead atoms. The highest BCUT2D eigenvalue weighted by atomic mass is 35.5. The Morgan fingerprint density at radius 2 is 1.75 bits per heavy atom. The van der Waals surface area contributed by atoms with Gasteiger partial charge in [0.15, 0.2) is 0 Å². The summed E-state index contributed by atoms with van der Waals surface area (Å²) in [6.07, 6.45) is 1.69. The van der Waals surface area contributed by atoms with Gasteiger partial charge in [0.25, 0.3) is 11.9 Å². The lowest BCUT2D eigenvalue weighted by atomic mass is 10.1. The SMILES string of the molecule is Cc1cnc2c(NC(=O)c3c(Cl)cccc3Cl)cccc2c1Oc1nc2ccccc2[nH]1. The minimum atomic E-state index is -0.421. The number of carbonyl (C=O) groups is 1. The van der Waals surface area contributed by atoms with Crippen LogP contribution in [0.5, 0.6) is 11.8 Å². The second-order valence-corrected chi connectivity index (χ2v) is 8.00. The number of benzene rings is 3. The van der Waals surface area contributed by atoms with Crippen LogP contribution in [0.15, 0.2) is 66.9 Å². The van der Waals surface area contributed by atoms with Gasteiger partial charge in [-0.2, -0.15) is 4.98 Å². The van der Waals surface area contributed by atoms with E-state index in [1.54, 1.807) is 30.5 Å². The topological polar surface area (TPSA) is 79.9 Å². The number of hydrogen-bond acceptors (Lipinski definition) is 4. The minimum Gasteiger partial charge on any atom is -0.425 e. The van der Waals surface area contributed by atoms with E-state index in [1.165, 1.54) is 0 Å². The first-order chi connectivity index (χ1) is 15.5. The van der Waals surface area contributed by atoms with Crippen molar-refractivity contribution in [3.63, 3.8) is 0 Å². The van der Waals surface area contributed by atoms with Crippen LogP contribution in [0.4, 0.5) is 5.69 Å². The molecule has 0 radical (unpaired) electrons. The van der Waals surface area contributed by atoms with E-state index < -0.39 is 5.91 Å². The fraction of sp³-hybridized carbons (Fsp3) is 0.0417. The first-order valence-corrected chi connectivity index (χ1v) is 10.5. The normalized spacial score (nSPS) is 11.1. The zero-order valence-electron chi connectivity index (χ0n) is 16.8. The van der Waals surface area contributed by atoms with Gasteiger partial charge in [0, 0.05) is 17.1 Å². The fourth-order valence-corrected chi connectivity index (χ4v) is 4.08. The average molecular weight is 463 g/mol. The Labute approximate surface area is 193 Å². The van der Waals surface area contributed by atoms with E-state index in [0.717, 1.165) is 22.0 Å². The molecule has 0 saturated carbocycles. The van der Waals surface area contributed by atoms with Gasteiger partial charge >= 0.3 is 0 Å². The number of hydrogen-bond donors (Lipinski definition) is 2. The van der Waals surface area contributed by atoms with Crippen LogP contribution in [0, 0.1) is 6.92 Å². The molecule has 5 aromatic rings. The molecular formula is C24H16Cl2N4O2. The molecule has 2 aromatic heterocycles. The maximum atomic E-state index is 12.9. The van der Waals surface area contributed by atoms with Gasteiger partial charge in [-0.1, -0.05) is 47.5 Å². The summed E-state index contributed by atoms with van der Waals surface area (Å²) in [4.78, 5) is 25.1. The molecule has 6 nitrogen and oxygen atoms in total. The number of fused-ring (bicyclic) bond motifs is 2. The molecule has 2 N–H and O–H groups in total. The summed E-state index contributed by atoms with van der Waals surface area (Å²) < 4.78 is 6.13. The number of imidazole rings is 1. The summed E-state index contributed by atoms with van der Waals surface area (Å²) in [5.41, 5.74) is 3.80. The summed E-state index contributed by atoms with van der Waals surface area (Å²) in [6.45, 7) is 1.90. The molecule has 5 rings (SSSR count). The number of rotatable bonds is 4. The molecule has 0 atom stereocenters. The number of pyridine rings is 1. The average Bonchev–Trinajstić information content (AvgIpc) is 3.18. The lowest BCUT2D eigenvalue weighted by molar-refractivity contribution is 0.102. The van der Waals surface area contributed by atoms with Gasteiger partial charge in [0.05, 0.1) is 37.8 Å². The molecule has 0 aliphatic carbocycles. The fourth-order valence-electron chi connectivity index (χ4n) is 3.51. The molecule has 0 aliphatic rings. The molecular weight excluding hydrogens is 447 g/mol. The highest BCUT2D eigenvalue weighted by Crippen LogP contribution is 2.35. The predicted molar refractivity (Wildman–Crippen MR) is 127 cm³/mol. The standard InChI is InChI=1S/C24H16Cl2N4O2/c1-13-12-27-21-14(22(13)32-24-29-17-9-2-3-10-18(17)30-24)6-4-11-19(21)28-23(31)20-15(25)7-5-8-16(20)26/h2-12H,1H3,(H,28,31)(H,29,30). The summed E-state index contributed by atoms with van der Waals surface area (Å²) in [7, 11) is 0. The number of H-pyrrole nitrogens is 1. The summed E-state index contributed by atoms with van der Waals surface area (Å²) in [6, 6.07) is 18.4. The molecule has 0 aliphatic heterocycles. The van der Waals surface area contributed by atoms with Crippen molar-refractivity contribution in [2.24, 2.45) is 0 Å². The number of carbonyl (C=O) groups excluding carboxylic acids is 1. The Morgan fingerprint density at radius 1 is 1.00 bits per heavy atom. The quantitative estimate of drug-likeness (QED) is 0.308. The zero-order chi connectivity index (χ0) is 22.2. The van der Waals surface area contributed by atoms with Gasteiger partial charge in [-0.15, -0.1) is 0 Å². The van der Waals surface area contributed by atoms with Crippen LogP contribution in [0.3, 0.4) is 0 Å². The number of halogens is 2. The lowest BCUT2D eigenvalue weighted by Gasteiger charge is -2.13. The molecule has 2 heterocycles. The number of aryl methyl sites for hydroxylation is 1. The van der Waals surface area contributed by atoms with Gasteiger partial charge in [0.1, 0.15) is 5.75 Å². The lowest BCUT2D eigenvalue weighted by Crippen LogP contribution is -2.13. The Hall–Kier alpha value is -3.61. The molecule has 3 aromatic carbocycles. The van der Waals surface area contributed by atoms with Gasteiger partial charge in [-0.25, -0.2) is 0 Å². The van der Waals surface area contributed by atoms with E-state index in [0.29, 0.717) is 23.0 Å². The molecule has 0 spiro atoms. The zero-order valence-corrected chi connectivity index (χ0v) is 18.3. The van der Waals surface area contributed by atoms with Crippen molar-refractivity contribution in [1.29, 1.82) is 0 Å². The first-order valence-electron chi connectivity index (χ1n) is 9.77. The Balaban J connectivity index is 1.54. The smallest absolute Gasteiger partial charge is 0.300 e. The summed E-state index contributed by atoms with van der Waals surface area (Å²) in [5.74, 6) is 0.177. The van der Waals surface area contributed by atoms with Gasteiger partial charge in [-0.05, 0) is 43.3 Å².